The first-order valence-corrected chi connectivity index (χ1v) is 32.9. The van der Waals surface area contributed by atoms with E-state index in [1.165, 1.54) is 16.7 Å². The van der Waals surface area contributed by atoms with Crippen molar-refractivity contribution in [1.29, 1.82) is 0 Å². The molecular formula is C55H65Br2N9O15P3+. The number of aliphatic hydroxyl groups is 1. The van der Waals surface area contributed by atoms with Crippen LogP contribution in [0.3, 0.4) is 0 Å². The second-order valence-corrected chi connectivity index (χ2v) is 26.6. The third-order valence-electron chi connectivity index (χ3n) is 14.5. The molecule has 2 aromatic carbocycles. The number of anilines is 1. The van der Waals surface area contributed by atoms with Gasteiger partial charge >= 0.3 is 29.2 Å². The highest BCUT2D eigenvalue weighted by Crippen LogP contribution is 2.66. The molecule has 1 aliphatic carbocycles. The van der Waals surface area contributed by atoms with Crippen molar-refractivity contribution in [3.63, 3.8) is 0 Å². The van der Waals surface area contributed by atoms with E-state index in [9.17, 15) is 43.0 Å². The van der Waals surface area contributed by atoms with Crippen LogP contribution in [-0.2, 0) is 60.2 Å². The predicted molar refractivity (Wildman–Crippen MR) is 320 cm³/mol. The standard InChI is InChI=1S/C55H64Br2N9O15P3/c1-36-18-21-44-42(30-36)55(4,5)48(65(44)28-25-57)23-20-38-14-11-13-37(19-22-47-54(2,3)41-16-9-10-17-43(41)64(47)27-24-56)51(38)59-32-49(68)58-26-29-63-34-40(61-62-63)15-8-6-7-12-39-33-66(53(70)60-52(39)69)50-31-45(67)46(79-50)35-78-83(74,75)81-84(76,77)80-82(71,72)73/h9-10,16-25,27-28,30,33-34,45-46,50,67H,6,8,11,13-15,26,29,31-32,35H2,1-5H3,(H6,58,60,68,69,70,71,72,73,74,75,76,77)/p+1/b27-24+,28-25+,38-20?,48-23?/t45?,46-,50?/m1/s1. The number of unbranched alkanes of at least 4 members (excludes halogenated alkanes) is 1. The zero-order valence-corrected chi connectivity index (χ0v) is 52.3. The molecule has 1 saturated heterocycles. The van der Waals surface area contributed by atoms with Crippen LogP contribution in [0.4, 0.5) is 11.4 Å². The molecule has 0 radical (unpaired) electrons. The lowest BCUT2D eigenvalue weighted by Crippen LogP contribution is -2.36. The zero-order chi connectivity index (χ0) is 60.8. The number of rotatable bonds is 22. The SMILES string of the molecule is Cc1ccc2c(c1)C(C)(C)C(=CC=C1CCCC(C=CC3=[N+](/C=C/Br)c4ccccc4C3(C)C)=C1NCC(=O)NCCn1cc(CCCC#Cc3cn(C4CC(O)[C@@H](COP(=O)(O)OP(=O)(O)OP(=O)(O)O)O4)c(=O)[nH]c3=O)nn1)N2/C=C/Br. The number of carbonyl (C=O) groups is 1. The van der Waals surface area contributed by atoms with Crippen LogP contribution in [0.5, 0.6) is 0 Å². The first-order valence-electron chi connectivity index (χ1n) is 26.6. The maximum absolute atomic E-state index is 13.6. The fourth-order valence-electron chi connectivity index (χ4n) is 10.5. The monoisotopic (exact) mass is 1340 g/mol. The van der Waals surface area contributed by atoms with Gasteiger partial charge in [0.1, 0.15) is 17.9 Å². The number of aryl methyl sites for hydroxylation is 2. The summed E-state index contributed by atoms with van der Waals surface area (Å²) in [7, 11) is -16.9. The smallest absolute Gasteiger partial charge is 0.390 e. The van der Waals surface area contributed by atoms with Gasteiger partial charge in [-0.25, -0.2) is 18.5 Å². The summed E-state index contributed by atoms with van der Waals surface area (Å²) in [4.78, 5) is 83.7. The number of phosphoric ester groups is 1. The molecule has 0 spiro atoms. The van der Waals surface area contributed by atoms with Gasteiger partial charge in [0, 0.05) is 83.2 Å². The van der Waals surface area contributed by atoms with E-state index >= 15 is 0 Å². The number of halogens is 2. The van der Waals surface area contributed by atoms with Gasteiger partial charge in [0.25, 0.3) is 5.56 Å². The second-order valence-electron chi connectivity index (χ2n) is 21.2. The number of hydrogen-bond donors (Lipinski definition) is 8. The molecule has 2 aromatic heterocycles. The van der Waals surface area contributed by atoms with E-state index in [4.69, 9.17) is 14.5 Å². The van der Waals surface area contributed by atoms with E-state index in [1.54, 1.807) is 10.9 Å². The fraction of sp³-hybridized carbons (Fsp3) is 0.382. The Morgan fingerprint density at radius 3 is 2.50 bits per heavy atom. The number of aliphatic hydroxyl groups excluding tert-OH is 1. The van der Waals surface area contributed by atoms with Crippen LogP contribution >= 0.6 is 55.3 Å². The van der Waals surface area contributed by atoms with Crippen molar-refractivity contribution in [1.82, 2.24) is 35.2 Å². The maximum atomic E-state index is 13.6. The summed E-state index contributed by atoms with van der Waals surface area (Å²) in [6, 6.07) is 15.0. The number of hydrogen-bond acceptors (Lipinski definition) is 15. The highest BCUT2D eigenvalue weighted by atomic mass is 79.9. The van der Waals surface area contributed by atoms with E-state index in [-0.39, 0.29) is 41.8 Å². The van der Waals surface area contributed by atoms with E-state index in [0.717, 1.165) is 69.7 Å². The lowest BCUT2D eigenvalue weighted by atomic mass is 9.81. The molecular weight excluding hydrogens is 1280 g/mol. The molecule has 24 nitrogen and oxygen atoms in total. The molecule has 4 unspecified atom stereocenters. The second kappa shape index (κ2) is 26.9. The van der Waals surface area contributed by atoms with Crippen LogP contribution < -0.4 is 26.8 Å². The molecule has 4 aliphatic rings. The number of nitrogens with one attached hydrogen (secondary N) is 3. The summed E-state index contributed by atoms with van der Waals surface area (Å²) in [5.41, 5.74) is 9.56. The summed E-state index contributed by atoms with van der Waals surface area (Å²) in [5.74, 6) is 5.42. The van der Waals surface area contributed by atoms with Gasteiger partial charge in [-0.2, -0.15) is 13.2 Å². The van der Waals surface area contributed by atoms with Crippen LogP contribution in [0.2, 0.25) is 0 Å². The Hall–Kier alpha value is -5.71. The number of fused-ring (bicyclic) bond motifs is 2. The summed E-state index contributed by atoms with van der Waals surface area (Å²) in [5, 5.41) is 25.6. The van der Waals surface area contributed by atoms with Crippen molar-refractivity contribution in [2.24, 2.45) is 0 Å². The number of phosphoric acid groups is 3. The molecule has 5 atom stereocenters. The van der Waals surface area contributed by atoms with Gasteiger partial charge < -0.3 is 45.0 Å². The molecule has 4 aromatic rings. The van der Waals surface area contributed by atoms with E-state index < -0.39 is 59.8 Å². The number of para-hydroxylation sites is 1. The van der Waals surface area contributed by atoms with E-state index in [1.807, 2.05) is 28.4 Å². The van der Waals surface area contributed by atoms with Crippen LogP contribution in [0, 0.1) is 18.8 Å². The lowest BCUT2D eigenvalue weighted by Gasteiger charge is -2.26. The third-order valence-corrected chi connectivity index (χ3v) is 18.8. The minimum atomic E-state index is -5.78. The van der Waals surface area contributed by atoms with Crippen LogP contribution in [0.25, 0.3) is 0 Å². The molecule has 1 fully saturated rings. The number of amides is 1. The Labute approximate surface area is 501 Å². The van der Waals surface area contributed by atoms with Crippen LogP contribution in [0.15, 0.2) is 134 Å². The quantitative estimate of drug-likeness (QED) is 0.0160. The maximum Gasteiger partial charge on any atom is 0.490 e. The number of nitrogens with zero attached hydrogens (tertiary/aromatic N) is 6. The molecule has 29 heteroatoms. The van der Waals surface area contributed by atoms with Gasteiger partial charge in [0.05, 0.1) is 36.9 Å². The molecule has 448 valence electrons. The van der Waals surface area contributed by atoms with Crippen molar-refractivity contribution < 1.29 is 65.6 Å². The minimum Gasteiger partial charge on any atom is -0.390 e. The number of aromatic nitrogens is 5. The number of H-pyrrole nitrogens is 1. The summed E-state index contributed by atoms with van der Waals surface area (Å²) >= 11 is 7.03. The third kappa shape index (κ3) is 15.6. The van der Waals surface area contributed by atoms with Crippen LogP contribution in [0.1, 0.15) is 100 Å². The van der Waals surface area contributed by atoms with Gasteiger partial charge in [-0.1, -0.05) is 111 Å². The normalized spacial score (nSPS) is 21.8. The lowest BCUT2D eigenvalue weighted by molar-refractivity contribution is -0.356. The Kier molecular flexibility index (Phi) is 20.6. The first-order chi connectivity index (χ1) is 39.7. The molecule has 0 bridgehead atoms. The number of carbonyl (C=O) groups excluding carboxylic acids is 1. The topological polar surface area (TPSA) is 322 Å². The molecule has 8 N–H and O–H groups in total. The van der Waals surface area contributed by atoms with Crippen LogP contribution in [-0.4, -0.2) is 97.3 Å². The van der Waals surface area contributed by atoms with E-state index in [0.29, 0.717) is 31.5 Å². The predicted octanol–water partition coefficient (Wildman–Crippen LogP) is 7.92. The average molecular weight is 1340 g/mol. The summed E-state index contributed by atoms with van der Waals surface area (Å²) < 4.78 is 57.0. The van der Waals surface area contributed by atoms with Crippen molar-refractivity contribution in [3.8, 4) is 11.8 Å². The molecule has 0 saturated carbocycles. The van der Waals surface area contributed by atoms with Crippen molar-refractivity contribution in [2.75, 3.05) is 24.6 Å². The largest absolute Gasteiger partial charge is 0.490 e. The summed E-state index contributed by atoms with van der Waals surface area (Å²) in [6.45, 7) is 10.8. The van der Waals surface area contributed by atoms with Gasteiger partial charge in [-0.15, -0.1) is 5.10 Å². The molecule has 1 amide bonds. The Balaban J connectivity index is 0.878. The fourth-order valence-corrected chi connectivity index (χ4v) is 14.0. The number of benzene rings is 2. The highest BCUT2D eigenvalue weighted by molar-refractivity contribution is 9.11. The molecule has 8 rings (SSSR count). The van der Waals surface area contributed by atoms with Gasteiger partial charge in [-0.3, -0.25) is 28.3 Å². The Morgan fingerprint density at radius 2 is 1.75 bits per heavy atom. The highest BCUT2D eigenvalue weighted by Gasteiger charge is 2.45. The summed E-state index contributed by atoms with van der Waals surface area (Å²) in [6.07, 6.45) is 15.3. The number of aromatic amines is 1. The van der Waals surface area contributed by atoms with Crippen molar-refractivity contribution in [2.45, 2.75) is 115 Å². The van der Waals surface area contributed by atoms with E-state index in [2.05, 4.69) is 188 Å². The average Bonchev–Trinajstić information content (AvgIpc) is 1.91. The zero-order valence-electron chi connectivity index (χ0n) is 46.4. The molecule has 3 aliphatic heterocycles. The number of ether oxygens (including phenoxy) is 1. The van der Waals surface area contributed by atoms with Crippen molar-refractivity contribution in [3.05, 3.63) is 173 Å². The molecule has 84 heavy (non-hydrogen) atoms. The Bertz CT molecular complexity index is 3750. The minimum absolute atomic E-state index is 0.0303. The molecule has 5 heterocycles. The van der Waals surface area contributed by atoms with Gasteiger partial charge in [-0.05, 0) is 86.7 Å². The van der Waals surface area contributed by atoms with Gasteiger partial charge in [0.2, 0.25) is 11.6 Å². The first kappa shape index (κ1) is 64.3. The van der Waals surface area contributed by atoms with Gasteiger partial charge in [0.15, 0.2) is 11.9 Å². The Morgan fingerprint density at radius 1 is 0.976 bits per heavy atom. The number of allylic oxidation sites excluding steroid dienone is 7. The van der Waals surface area contributed by atoms with Crippen molar-refractivity contribution >= 4 is 78.3 Å².